The van der Waals surface area contributed by atoms with Gasteiger partial charge in [0, 0.05) is 44.1 Å². The second-order valence-electron chi connectivity index (χ2n) is 9.28. The highest BCUT2D eigenvalue weighted by molar-refractivity contribution is 5.91. The third kappa shape index (κ3) is 5.31. The van der Waals surface area contributed by atoms with Crippen molar-refractivity contribution in [1.82, 2.24) is 29.7 Å². The molecule has 1 N–H and O–H groups in total. The minimum absolute atomic E-state index is 0.0126. The molecule has 174 valence electrons. The van der Waals surface area contributed by atoms with Gasteiger partial charge in [-0.3, -0.25) is 14.6 Å². The number of nitrogens with one attached hydrogen (secondary N) is 1. The predicted molar refractivity (Wildman–Crippen MR) is 124 cm³/mol. The van der Waals surface area contributed by atoms with Crippen molar-refractivity contribution in [3.05, 3.63) is 53.8 Å². The minimum Gasteiger partial charge on any atom is -0.338 e. The first-order chi connectivity index (χ1) is 16.0. The molecule has 1 saturated carbocycles. The monoisotopic (exact) mass is 449 g/mol. The molecule has 2 aliphatic rings. The minimum atomic E-state index is -0.0126. The maximum Gasteiger partial charge on any atom is 0.240 e. The Hall–Kier alpha value is -3.04. The third-order valence-electron chi connectivity index (χ3n) is 6.18. The van der Waals surface area contributed by atoms with Crippen LogP contribution in [0.5, 0.6) is 0 Å². The first-order valence-corrected chi connectivity index (χ1v) is 11.8. The molecule has 5 rings (SSSR count). The number of piperazine rings is 1. The maximum atomic E-state index is 12.9. The van der Waals surface area contributed by atoms with E-state index in [1.165, 1.54) is 12.8 Å². The fraction of sp³-hybridized carbons (Fsp3) is 0.500. The van der Waals surface area contributed by atoms with Crippen LogP contribution in [-0.2, 0) is 11.3 Å². The zero-order valence-electron chi connectivity index (χ0n) is 19.3. The normalized spacial score (nSPS) is 17.5. The molecule has 0 unspecified atom stereocenters. The van der Waals surface area contributed by atoms with E-state index in [0.717, 1.165) is 49.2 Å². The molecule has 3 aromatic rings. The molecule has 0 bridgehead atoms. The first-order valence-electron chi connectivity index (χ1n) is 11.8. The van der Waals surface area contributed by atoms with Crippen molar-refractivity contribution >= 4 is 11.7 Å². The molecule has 1 aliphatic carbocycles. The van der Waals surface area contributed by atoms with Crippen molar-refractivity contribution in [2.24, 2.45) is 0 Å². The van der Waals surface area contributed by atoms with E-state index in [1.54, 1.807) is 0 Å². The summed E-state index contributed by atoms with van der Waals surface area (Å²) in [6.45, 7) is 8.50. The second kappa shape index (κ2) is 9.44. The van der Waals surface area contributed by atoms with E-state index in [-0.39, 0.29) is 11.8 Å². The van der Waals surface area contributed by atoms with Gasteiger partial charge in [0.2, 0.25) is 11.8 Å². The molecular formula is C24H31N7O2. The van der Waals surface area contributed by atoms with Gasteiger partial charge in [-0.05, 0) is 25.0 Å². The van der Waals surface area contributed by atoms with Crippen LogP contribution in [0.1, 0.15) is 55.9 Å². The molecule has 9 heteroatoms. The summed E-state index contributed by atoms with van der Waals surface area (Å²) in [5.41, 5.74) is 2.01. The van der Waals surface area contributed by atoms with Gasteiger partial charge in [0.05, 0.1) is 24.5 Å². The number of para-hydroxylation sites is 1. The molecule has 1 aromatic carbocycles. The van der Waals surface area contributed by atoms with E-state index in [9.17, 15) is 4.79 Å². The number of hydrogen-bond acceptors (Lipinski definition) is 7. The van der Waals surface area contributed by atoms with Crippen molar-refractivity contribution in [2.75, 3.05) is 38.0 Å². The Morgan fingerprint density at radius 1 is 1.12 bits per heavy atom. The fourth-order valence-electron chi connectivity index (χ4n) is 4.08. The topological polar surface area (TPSA) is 92.3 Å². The summed E-state index contributed by atoms with van der Waals surface area (Å²) < 4.78 is 7.22. The van der Waals surface area contributed by atoms with Crippen LogP contribution in [0.3, 0.4) is 0 Å². The quantitative estimate of drug-likeness (QED) is 0.565. The Balaban J connectivity index is 1.15. The summed E-state index contributed by atoms with van der Waals surface area (Å²) in [4.78, 5) is 21.8. The van der Waals surface area contributed by atoms with Gasteiger partial charge in [-0.15, -0.1) is 0 Å². The van der Waals surface area contributed by atoms with Crippen molar-refractivity contribution < 1.29 is 9.32 Å². The lowest BCUT2D eigenvalue weighted by Gasteiger charge is -2.33. The highest BCUT2D eigenvalue weighted by atomic mass is 16.5. The van der Waals surface area contributed by atoms with Crippen LogP contribution in [0.4, 0.5) is 5.82 Å². The molecule has 2 fully saturated rings. The zero-order valence-corrected chi connectivity index (χ0v) is 19.3. The fourth-order valence-corrected chi connectivity index (χ4v) is 4.08. The summed E-state index contributed by atoms with van der Waals surface area (Å²) in [6.07, 6.45) is 2.34. The van der Waals surface area contributed by atoms with Crippen LogP contribution < -0.4 is 5.32 Å². The smallest absolute Gasteiger partial charge is 0.240 e. The molecule has 3 heterocycles. The predicted octanol–water partition coefficient (Wildman–Crippen LogP) is 3.01. The lowest BCUT2D eigenvalue weighted by molar-refractivity contribution is -0.117. The van der Waals surface area contributed by atoms with E-state index in [2.05, 4.69) is 39.1 Å². The summed E-state index contributed by atoms with van der Waals surface area (Å²) in [5, 5.41) is 11.9. The molecule has 2 aromatic heterocycles. The number of hydrogen-bond donors (Lipinski definition) is 1. The van der Waals surface area contributed by atoms with E-state index in [4.69, 9.17) is 9.62 Å². The number of aromatic nitrogens is 4. The average molecular weight is 450 g/mol. The number of amides is 1. The second-order valence-corrected chi connectivity index (χ2v) is 9.28. The highest BCUT2D eigenvalue weighted by Crippen LogP contribution is 2.40. The molecule has 0 spiro atoms. The van der Waals surface area contributed by atoms with Gasteiger partial charge in [-0.25, -0.2) is 4.68 Å². The van der Waals surface area contributed by atoms with Gasteiger partial charge in [0.1, 0.15) is 5.82 Å². The zero-order chi connectivity index (χ0) is 22.8. The SMILES string of the molecule is CC(C)c1noc(CN2CCN(CC(=O)Nc3cc(C4CC4)nn3-c3ccccc3)CC2)n1. The van der Waals surface area contributed by atoms with E-state index >= 15 is 0 Å². The molecule has 1 amide bonds. The average Bonchev–Trinajstić information content (AvgIpc) is 3.41. The summed E-state index contributed by atoms with van der Waals surface area (Å²) in [6, 6.07) is 12.0. The molecule has 9 nitrogen and oxygen atoms in total. The van der Waals surface area contributed by atoms with Crippen molar-refractivity contribution in [3.8, 4) is 5.69 Å². The van der Waals surface area contributed by atoms with Crippen LogP contribution in [0.15, 0.2) is 40.9 Å². The Labute approximate surface area is 193 Å². The third-order valence-corrected chi connectivity index (χ3v) is 6.18. The summed E-state index contributed by atoms with van der Waals surface area (Å²) in [7, 11) is 0. The van der Waals surface area contributed by atoms with Crippen molar-refractivity contribution in [3.63, 3.8) is 0 Å². The lowest BCUT2D eigenvalue weighted by atomic mass is 10.2. The van der Waals surface area contributed by atoms with Crippen LogP contribution in [0.25, 0.3) is 5.69 Å². The Morgan fingerprint density at radius 3 is 2.52 bits per heavy atom. The molecule has 0 radical (unpaired) electrons. The van der Waals surface area contributed by atoms with Crippen molar-refractivity contribution in [1.29, 1.82) is 0 Å². The number of carbonyl (C=O) groups is 1. The number of nitrogens with zero attached hydrogens (tertiary/aromatic N) is 6. The Morgan fingerprint density at radius 2 is 1.85 bits per heavy atom. The van der Waals surface area contributed by atoms with Crippen LogP contribution in [0, 0.1) is 0 Å². The summed E-state index contributed by atoms with van der Waals surface area (Å²) >= 11 is 0. The lowest BCUT2D eigenvalue weighted by Crippen LogP contribution is -2.48. The molecule has 0 atom stereocenters. The highest BCUT2D eigenvalue weighted by Gasteiger charge is 2.28. The van der Waals surface area contributed by atoms with Gasteiger partial charge >= 0.3 is 0 Å². The van der Waals surface area contributed by atoms with Crippen LogP contribution in [-0.4, -0.2) is 68.4 Å². The van der Waals surface area contributed by atoms with Gasteiger partial charge in [0.15, 0.2) is 5.82 Å². The standard InChI is InChI=1S/C24H31N7O2/c1-17(2)24-26-23(33-28-24)16-30-12-10-29(11-13-30)15-22(32)25-21-14-20(18-8-9-18)27-31(21)19-6-4-3-5-7-19/h3-7,14,17-18H,8-13,15-16H2,1-2H3,(H,25,32). The van der Waals surface area contributed by atoms with E-state index < -0.39 is 0 Å². The first kappa shape index (κ1) is 21.8. The molecule has 1 aliphatic heterocycles. The maximum absolute atomic E-state index is 12.9. The number of carbonyl (C=O) groups excluding carboxylic acids is 1. The molecule has 1 saturated heterocycles. The number of anilines is 1. The van der Waals surface area contributed by atoms with Crippen LogP contribution in [0.2, 0.25) is 0 Å². The molecule has 33 heavy (non-hydrogen) atoms. The number of benzene rings is 1. The van der Waals surface area contributed by atoms with Crippen LogP contribution >= 0.6 is 0 Å². The van der Waals surface area contributed by atoms with Gasteiger partial charge < -0.3 is 9.84 Å². The Kier molecular flexibility index (Phi) is 6.24. The largest absolute Gasteiger partial charge is 0.338 e. The van der Waals surface area contributed by atoms with E-state index in [0.29, 0.717) is 24.9 Å². The Bertz CT molecular complexity index is 1080. The van der Waals surface area contributed by atoms with E-state index in [1.807, 2.05) is 41.1 Å². The van der Waals surface area contributed by atoms with Gasteiger partial charge in [-0.2, -0.15) is 10.1 Å². The molecular weight excluding hydrogens is 418 g/mol. The van der Waals surface area contributed by atoms with Gasteiger partial charge in [0.25, 0.3) is 0 Å². The summed E-state index contributed by atoms with van der Waals surface area (Å²) in [5.74, 6) is 2.92. The number of rotatable bonds is 8. The van der Waals surface area contributed by atoms with Crippen molar-refractivity contribution in [2.45, 2.75) is 45.1 Å². The van der Waals surface area contributed by atoms with Gasteiger partial charge in [-0.1, -0.05) is 37.2 Å².